The Morgan fingerprint density at radius 1 is 1.21 bits per heavy atom. The SMILES string of the molecule is CCc1nc2ccc(Br)cc2c(=O)n1N=Cc1cc(Cl)cc([N+](=O)[O-])c1OCc1ccccc1. The van der Waals surface area contributed by atoms with Gasteiger partial charge in [0, 0.05) is 27.5 Å². The van der Waals surface area contributed by atoms with Crippen LogP contribution in [0.2, 0.25) is 5.02 Å². The standard InChI is InChI=1S/C24H18BrClN4O4/c1-2-22-28-20-9-8-17(25)11-19(20)24(31)29(22)27-13-16-10-18(26)12-21(30(32)33)23(16)34-14-15-6-4-3-5-7-15/h3-13H,2,14H2,1H3. The number of hydrogen-bond acceptors (Lipinski definition) is 6. The summed E-state index contributed by atoms with van der Waals surface area (Å²) < 4.78 is 7.75. The van der Waals surface area contributed by atoms with Crippen molar-refractivity contribution in [1.29, 1.82) is 0 Å². The summed E-state index contributed by atoms with van der Waals surface area (Å²) in [4.78, 5) is 28.8. The molecule has 0 aliphatic rings. The molecule has 34 heavy (non-hydrogen) atoms. The van der Waals surface area contributed by atoms with Crippen molar-refractivity contribution < 1.29 is 9.66 Å². The van der Waals surface area contributed by atoms with Gasteiger partial charge in [-0.15, -0.1) is 0 Å². The fourth-order valence-corrected chi connectivity index (χ4v) is 3.96. The van der Waals surface area contributed by atoms with Crippen molar-refractivity contribution >= 4 is 50.3 Å². The Labute approximate surface area is 207 Å². The minimum Gasteiger partial charge on any atom is -0.481 e. The third kappa shape index (κ3) is 5.00. The normalized spacial score (nSPS) is 11.3. The van der Waals surface area contributed by atoms with Gasteiger partial charge in [0.25, 0.3) is 5.56 Å². The van der Waals surface area contributed by atoms with Crippen molar-refractivity contribution in [3.8, 4) is 5.75 Å². The highest BCUT2D eigenvalue weighted by atomic mass is 79.9. The van der Waals surface area contributed by atoms with Gasteiger partial charge in [-0.3, -0.25) is 14.9 Å². The highest BCUT2D eigenvalue weighted by Gasteiger charge is 2.21. The molecule has 10 heteroatoms. The van der Waals surface area contributed by atoms with Crippen LogP contribution in [0.4, 0.5) is 5.69 Å². The van der Waals surface area contributed by atoms with E-state index in [4.69, 9.17) is 16.3 Å². The Morgan fingerprint density at radius 2 is 1.97 bits per heavy atom. The van der Waals surface area contributed by atoms with Gasteiger partial charge >= 0.3 is 5.69 Å². The van der Waals surface area contributed by atoms with E-state index >= 15 is 0 Å². The molecule has 0 N–H and O–H groups in total. The fourth-order valence-electron chi connectivity index (χ4n) is 3.38. The Balaban J connectivity index is 1.81. The summed E-state index contributed by atoms with van der Waals surface area (Å²) in [6.07, 6.45) is 1.77. The van der Waals surface area contributed by atoms with Gasteiger partial charge in [-0.05, 0) is 29.8 Å². The molecule has 0 aliphatic heterocycles. The number of ether oxygens (including phenoxy) is 1. The maximum absolute atomic E-state index is 13.1. The smallest absolute Gasteiger partial charge is 0.313 e. The second kappa shape index (κ2) is 10.1. The molecule has 0 unspecified atom stereocenters. The molecule has 4 aromatic rings. The van der Waals surface area contributed by atoms with E-state index in [-0.39, 0.29) is 34.2 Å². The van der Waals surface area contributed by atoms with E-state index in [1.807, 2.05) is 43.3 Å². The first-order valence-corrected chi connectivity index (χ1v) is 11.4. The van der Waals surface area contributed by atoms with E-state index in [1.54, 1.807) is 12.1 Å². The Morgan fingerprint density at radius 3 is 2.68 bits per heavy atom. The third-order valence-corrected chi connectivity index (χ3v) is 5.70. The Bertz CT molecular complexity index is 1470. The summed E-state index contributed by atoms with van der Waals surface area (Å²) in [5, 5.41) is 16.6. The number of halogens is 2. The number of aromatic nitrogens is 2. The number of nitrogens with zero attached hydrogens (tertiary/aromatic N) is 4. The lowest BCUT2D eigenvalue weighted by atomic mass is 10.2. The van der Waals surface area contributed by atoms with E-state index in [2.05, 4.69) is 26.0 Å². The van der Waals surface area contributed by atoms with Crippen LogP contribution in [0.25, 0.3) is 10.9 Å². The summed E-state index contributed by atoms with van der Waals surface area (Å²) in [6, 6.07) is 17.2. The number of benzene rings is 3. The Kier molecular flexibility index (Phi) is 7.04. The fraction of sp³-hybridized carbons (Fsp3) is 0.125. The first-order chi connectivity index (χ1) is 16.4. The first kappa shape index (κ1) is 23.6. The average Bonchev–Trinajstić information content (AvgIpc) is 2.83. The monoisotopic (exact) mass is 540 g/mol. The minimum atomic E-state index is -0.567. The van der Waals surface area contributed by atoms with Crippen molar-refractivity contribution in [2.24, 2.45) is 5.10 Å². The quantitative estimate of drug-likeness (QED) is 0.169. The lowest BCUT2D eigenvalue weighted by molar-refractivity contribution is -0.385. The summed E-state index contributed by atoms with van der Waals surface area (Å²) in [7, 11) is 0. The van der Waals surface area contributed by atoms with Crippen LogP contribution in [0.15, 0.2) is 75.0 Å². The molecule has 4 rings (SSSR count). The predicted octanol–water partition coefficient (Wildman–Crippen LogP) is 5.74. The predicted molar refractivity (Wildman–Crippen MR) is 135 cm³/mol. The summed E-state index contributed by atoms with van der Waals surface area (Å²) >= 11 is 9.51. The minimum absolute atomic E-state index is 0.00425. The molecule has 0 amide bonds. The maximum Gasteiger partial charge on any atom is 0.313 e. The summed E-state index contributed by atoms with van der Waals surface area (Å²) in [5.41, 5.74) is 1.000. The molecule has 8 nitrogen and oxygen atoms in total. The molecule has 0 aliphatic carbocycles. The molecule has 0 bridgehead atoms. The number of aryl methyl sites for hydroxylation is 1. The van der Waals surface area contributed by atoms with E-state index < -0.39 is 4.92 Å². The largest absolute Gasteiger partial charge is 0.481 e. The molecule has 3 aromatic carbocycles. The summed E-state index contributed by atoms with van der Waals surface area (Å²) in [5.74, 6) is 0.448. The van der Waals surface area contributed by atoms with E-state index in [0.29, 0.717) is 23.1 Å². The lowest BCUT2D eigenvalue weighted by Gasteiger charge is -2.11. The van der Waals surface area contributed by atoms with Crippen molar-refractivity contribution in [2.45, 2.75) is 20.0 Å². The first-order valence-electron chi connectivity index (χ1n) is 10.3. The van der Waals surface area contributed by atoms with Crippen LogP contribution < -0.4 is 10.3 Å². The lowest BCUT2D eigenvalue weighted by Crippen LogP contribution is -2.22. The zero-order chi connectivity index (χ0) is 24.2. The number of nitro benzene ring substituents is 1. The number of hydrogen-bond donors (Lipinski definition) is 0. The van der Waals surface area contributed by atoms with Gasteiger partial charge in [-0.1, -0.05) is 64.8 Å². The van der Waals surface area contributed by atoms with Crippen LogP contribution in [0.1, 0.15) is 23.9 Å². The van der Waals surface area contributed by atoms with Gasteiger partial charge in [-0.25, -0.2) is 4.98 Å². The van der Waals surface area contributed by atoms with E-state index in [9.17, 15) is 14.9 Å². The van der Waals surface area contributed by atoms with Gasteiger partial charge in [0.1, 0.15) is 12.4 Å². The second-order valence-corrected chi connectivity index (χ2v) is 8.63. The van der Waals surface area contributed by atoms with Crippen LogP contribution in [0.5, 0.6) is 5.75 Å². The molecular formula is C24H18BrClN4O4. The molecule has 1 aromatic heterocycles. The zero-order valence-electron chi connectivity index (χ0n) is 17.9. The van der Waals surface area contributed by atoms with Crippen LogP contribution in [-0.4, -0.2) is 20.8 Å². The molecular weight excluding hydrogens is 524 g/mol. The topological polar surface area (TPSA) is 99.6 Å². The van der Waals surface area contributed by atoms with Crippen LogP contribution in [0.3, 0.4) is 0 Å². The number of nitro groups is 1. The highest BCUT2D eigenvalue weighted by Crippen LogP contribution is 2.34. The van der Waals surface area contributed by atoms with Crippen LogP contribution in [0, 0.1) is 10.1 Å². The van der Waals surface area contributed by atoms with Crippen molar-refractivity contribution in [2.75, 3.05) is 0 Å². The average molecular weight is 542 g/mol. The molecule has 0 radical (unpaired) electrons. The third-order valence-electron chi connectivity index (χ3n) is 4.99. The molecule has 0 fully saturated rings. The highest BCUT2D eigenvalue weighted by molar-refractivity contribution is 9.10. The van der Waals surface area contributed by atoms with Crippen molar-refractivity contribution in [3.05, 3.63) is 108 Å². The van der Waals surface area contributed by atoms with E-state index in [1.165, 1.54) is 23.0 Å². The van der Waals surface area contributed by atoms with Gasteiger partial charge in [-0.2, -0.15) is 9.78 Å². The van der Waals surface area contributed by atoms with Crippen molar-refractivity contribution in [3.63, 3.8) is 0 Å². The maximum atomic E-state index is 13.1. The second-order valence-electron chi connectivity index (χ2n) is 7.28. The number of rotatable bonds is 7. The van der Waals surface area contributed by atoms with Gasteiger partial charge in [0.05, 0.1) is 22.0 Å². The van der Waals surface area contributed by atoms with E-state index in [0.717, 1.165) is 10.0 Å². The van der Waals surface area contributed by atoms with Crippen molar-refractivity contribution in [1.82, 2.24) is 9.66 Å². The summed E-state index contributed by atoms with van der Waals surface area (Å²) in [6.45, 7) is 1.97. The van der Waals surface area contributed by atoms with Crippen LogP contribution >= 0.6 is 27.5 Å². The molecule has 0 saturated heterocycles. The molecule has 1 heterocycles. The molecule has 0 atom stereocenters. The molecule has 0 saturated carbocycles. The zero-order valence-corrected chi connectivity index (χ0v) is 20.3. The van der Waals surface area contributed by atoms with Gasteiger partial charge in [0.2, 0.25) is 5.75 Å². The molecule has 172 valence electrons. The Hall–Kier alpha value is -3.56. The molecule has 0 spiro atoms. The van der Waals surface area contributed by atoms with Gasteiger partial charge in [0.15, 0.2) is 0 Å². The number of fused-ring (bicyclic) bond motifs is 1. The van der Waals surface area contributed by atoms with Crippen LogP contribution in [-0.2, 0) is 13.0 Å². The van der Waals surface area contributed by atoms with Gasteiger partial charge < -0.3 is 4.74 Å².